The van der Waals surface area contributed by atoms with Gasteiger partial charge in [-0.1, -0.05) is 36.4 Å². The van der Waals surface area contributed by atoms with Crippen LogP contribution in [0.2, 0.25) is 0 Å². The van der Waals surface area contributed by atoms with Crippen molar-refractivity contribution in [2.75, 3.05) is 6.61 Å². The number of Topliss-reactive ketones (excluding diaryl/α,β-unsaturated/α-hetero) is 1. The summed E-state index contributed by atoms with van der Waals surface area (Å²) >= 11 is 0. The summed E-state index contributed by atoms with van der Waals surface area (Å²) in [5.41, 5.74) is 1.65. The van der Waals surface area contributed by atoms with Gasteiger partial charge in [-0.05, 0) is 31.0 Å². The third kappa shape index (κ3) is 3.92. The second-order valence-corrected chi connectivity index (χ2v) is 4.68. The average molecular weight is 272 g/mol. The summed E-state index contributed by atoms with van der Waals surface area (Å²) in [6.07, 6.45) is 0.971. The number of ether oxygens (including phenoxy) is 1. The zero-order valence-electron chi connectivity index (χ0n) is 11.4. The van der Waals surface area contributed by atoms with Crippen LogP contribution in [0.1, 0.15) is 28.8 Å². The highest BCUT2D eigenvalue weighted by Gasteiger charge is 2.06. The molecule has 0 spiro atoms. The van der Waals surface area contributed by atoms with E-state index in [2.05, 4.69) is 0 Å². The minimum Gasteiger partial charge on any atom is -0.490 e. The molecule has 2 rings (SSSR count). The Morgan fingerprint density at radius 3 is 2.65 bits per heavy atom. The van der Waals surface area contributed by atoms with Crippen LogP contribution in [-0.4, -0.2) is 12.4 Å². The fourth-order valence-corrected chi connectivity index (χ4v) is 1.90. The minimum atomic E-state index is -0.370. The third-order valence-corrected chi connectivity index (χ3v) is 2.99. The van der Waals surface area contributed by atoms with E-state index in [-0.39, 0.29) is 17.3 Å². The molecule has 0 radical (unpaired) electrons. The first-order valence-electron chi connectivity index (χ1n) is 6.64. The Bertz CT molecular complexity index is 579. The number of carbonyl (C=O) groups excluding carboxylic acids is 1. The van der Waals surface area contributed by atoms with E-state index in [1.807, 2.05) is 25.1 Å². The molecular weight excluding hydrogens is 255 g/mol. The van der Waals surface area contributed by atoms with Crippen molar-refractivity contribution in [2.24, 2.45) is 0 Å². The van der Waals surface area contributed by atoms with E-state index in [4.69, 9.17) is 4.74 Å². The fraction of sp³-hybridized carbons (Fsp3) is 0.235. The van der Waals surface area contributed by atoms with Crippen LogP contribution in [-0.2, 0) is 0 Å². The van der Waals surface area contributed by atoms with Gasteiger partial charge in [0, 0.05) is 12.0 Å². The lowest BCUT2D eigenvalue weighted by Gasteiger charge is -2.07. The van der Waals surface area contributed by atoms with Gasteiger partial charge in [-0.25, -0.2) is 4.39 Å². The number of benzene rings is 2. The summed E-state index contributed by atoms with van der Waals surface area (Å²) in [4.78, 5) is 11.8. The molecule has 0 aliphatic heterocycles. The van der Waals surface area contributed by atoms with Crippen LogP contribution in [0.3, 0.4) is 0 Å². The molecule has 2 nitrogen and oxygen atoms in total. The van der Waals surface area contributed by atoms with Crippen molar-refractivity contribution in [1.29, 1.82) is 0 Å². The molecule has 0 unspecified atom stereocenters. The lowest BCUT2D eigenvalue weighted by Crippen LogP contribution is -2.04. The summed E-state index contributed by atoms with van der Waals surface area (Å²) in [5.74, 6) is -0.0407. The lowest BCUT2D eigenvalue weighted by atomic mass is 10.1. The molecule has 104 valence electrons. The van der Waals surface area contributed by atoms with E-state index in [0.717, 1.165) is 5.56 Å². The largest absolute Gasteiger partial charge is 0.490 e. The van der Waals surface area contributed by atoms with Crippen LogP contribution in [0, 0.1) is 12.7 Å². The number of hydrogen-bond donors (Lipinski definition) is 0. The normalized spacial score (nSPS) is 10.3. The Hall–Kier alpha value is -2.16. The van der Waals surface area contributed by atoms with Gasteiger partial charge in [0.15, 0.2) is 17.3 Å². The van der Waals surface area contributed by atoms with E-state index in [9.17, 15) is 9.18 Å². The molecule has 3 heteroatoms. The third-order valence-electron chi connectivity index (χ3n) is 2.99. The highest BCUT2D eigenvalue weighted by Crippen LogP contribution is 2.18. The zero-order valence-corrected chi connectivity index (χ0v) is 11.4. The summed E-state index contributed by atoms with van der Waals surface area (Å²) < 4.78 is 18.8. The van der Waals surface area contributed by atoms with Crippen molar-refractivity contribution in [3.63, 3.8) is 0 Å². The number of carbonyl (C=O) groups is 1. The van der Waals surface area contributed by atoms with Gasteiger partial charge in [0.05, 0.1) is 6.61 Å². The SMILES string of the molecule is Cc1ccc(F)c(OCCCC(=O)c2ccccc2)c1. The summed E-state index contributed by atoms with van der Waals surface area (Å²) in [6, 6.07) is 13.9. The first kappa shape index (κ1) is 14.3. The fourth-order valence-electron chi connectivity index (χ4n) is 1.90. The molecule has 0 N–H and O–H groups in total. The second kappa shape index (κ2) is 6.85. The molecule has 0 bridgehead atoms. The van der Waals surface area contributed by atoms with Gasteiger partial charge in [0.1, 0.15) is 0 Å². The first-order chi connectivity index (χ1) is 9.66. The first-order valence-corrected chi connectivity index (χ1v) is 6.64. The Balaban J connectivity index is 1.79. The molecule has 0 aliphatic rings. The maximum atomic E-state index is 13.4. The molecule has 0 heterocycles. The van der Waals surface area contributed by atoms with E-state index >= 15 is 0 Å². The molecular formula is C17H17FO2. The Morgan fingerprint density at radius 2 is 1.90 bits per heavy atom. The van der Waals surface area contributed by atoms with Crippen LogP contribution in [0.4, 0.5) is 4.39 Å². The minimum absolute atomic E-state index is 0.0823. The molecule has 0 aliphatic carbocycles. The lowest BCUT2D eigenvalue weighted by molar-refractivity contribution is 0.0973. The monoisotopic (exact) mass is 272 g/mol. The van der Waals surface area contributed by atoms with E-state index in [1.165, 1.54) is 6.07 Å². The van der Waals surface area contributed by atoms with Gasteiger partial charge in [0.2, 0.25) is 0 Å². The van der Waals surface area contributed by atoms with Gasteiger partial charge in [-0.2, -0.15) is 0 Å². The van der Waals surface area contributed by atoms with Gasteiger partial charge in [-0.15, -0.1) is 0 Å². The Kier molecular flexibility index (Phi) is 4.88. The number of halogens is 1. The molecule has 2 aromatic carbocycles. The molecule has 20 heavy (non-hydrogen) atoms. The van der Waals surface area contributed by atoms with Gasteiger partial charge in [-0.3, -0.25) is 4.79 Å². The molecule has 0 aromatic heterocycles. The zero-order chi connectivity index (χ0) is 14.4. The number of rotatable bonds is 6. The summed E-state index contributed by atoms with van der Waals surface area (Å²) in [6.45, 7) is 2.21. The van der Waals surface area contributed by atoms with Crippen LogP contribution in [0.5, 0.6) is 5.75 Å². The average Bonchev–Trinajstić information content (AvgIpc) is 2.47. The molecule has 0 saturated carbocycles. The number of aryl methyl sites for hydroxylation is 1. The maximum Gasteiger partial charge on any atom is 0.165 e. The smallest absolute Gasteiger partial charge is 0.165 e. The van der Waals surface area contributed by atoms with Crippen LogP contribution >= 0.6 is 0 Å². The number of hydrogen-bond acceptors (Lipinski definition) is 2. The quantitative estimate of drug-likeness (QED) is 0.582. The van der Waals surface area contributed by atoms with Crippen molar-refractivity contribution in [3.05, 3.63) is 65.5 Å². The summed E-state index contributed by atoms with van der Waals surface area (Å²) in [5, 5.41) is 0. The Labute approximate surface area is 118 Å². The predicted molar refractivity (Wildman–Crippen MR) is 76.6 cm³/mol. The topological polar surface area (TPSA) is 26.3 Å². The predicted octanol–water partition coefficient (Wildman–Crippen LogP) is 4.18. The van der Waals surface area contributed by atoms with Crippen LogP contribution < -0.4 is 4.74 Å². The highest BCUT2D eigenvalue weighted by atomic mass is 19.1. The van der Waals surface area contributed by atoms with E-state index < -0.39 is 0 Å². The standard InChI is InChI=1S/C17H17FO2/c1-13-9-10-15(18)17(12-13)20-11-5-8-16(19)14-6-3-2-4-7-14/h2-4,6-7,9-10,12H,5,8,11H2,1H3. The molecule has 0 atom stereocenters. The molecule has 0 saturated heterocycles. The van der Waals surface area contributed by atoms with Gasteiger partial charge >= 0.3 is 0 Å². The van der Waals surface area contributed by atoms with Crippen LogP contribution in [0.25, 0.3) is 0 Å². The molecule has 0 amide bonds. The van der Waals surface area contributed by atoms with Crippen molar-refractivity contribution >= 4 is 5.78 Å². The highest BCUT2D eigenvalue weighted by molar-refractivity contribution is 5.95. The van der Waals surface area contributed by atoms with Crippen molar-refractivity contribution in [1.82, 2.24) is 0 Å². The van der Waals surface area contributed by atoms with Crippen molar-refractivity contribution in [2.45, 2.75) is 19.8 Å². The molecule has 0 fully saturated rings. The van der Waals surface area contributed by atoms with Crippen LogP contribution in [0.15, 0.2) is 48.5 Å². The molecule has 2 aromatic rings. The second-order valence-electron chi connectivity index (χ2n) is 4.68. The summed E-state index contributed by atoms with van der Waals surface area (Å²) in [7, 11) is 0. The van der Waals surface area contributed by atoms with Crippen molar-refractivity contribution in [3.8, 4) is 5.75 Å². The maximum absolute atomic E-state index is 13.4. The van der Waals surface area contributed by atoms with E-state index in [1.54, 1.807) is 24.3 Å². The van der Waals surface area contributed by atoms with Crippen molar-refractivity contribution < 1.29 is 13.9 Å². The van der Waals surface area contributed by atoms with E-state index in [0.29, 0.717) is 25.0 Å². The number of ketones is 1. The van der Waals surface area contributed by atoms with Gasteiger partial charge < -0.3 is 4.74 Å². The Morgan fingerprint density at radius 1 is 1.15 bits per heavy atom. The van der Waals surface area contributed by atoms with Gasteiger partial charge in [0.25, 0.3) is 0 Å².